The van der Waals surface area contributed by atoms with E-state index in [2.05, 4.69) is 15.0 Å². The Kier molecular flexibility index (Phi) is 3.62. The molecule has 0 amide bonds. The number of pyridine rings is 1. The fourth-order valence-electron chi connectivity index (χ4n) is 1.42. The van der Waals surface area contributed by atoms with E-state index in [1.807, 2.05) is 25.1 Å². The first-order chi connectivity index (χ1) is 8.29. The summed E-state index contributed by atoms with van der Waals surface area (Å²) in [6, 6.07) is 7.35. The van der Waals surface area contributed by atoms with Crippen LogP contribution in [0.15, 0.2) is 30.5 Å². The second-order valence-corrected chi connectivity index (χ2v) is 3.45. The van der Waals surface area contributed by atoms with Crippen molar-refractivity contribution in [2.75, 3.05) is 12.3 Å². The van der Waals surface area contributed by atoms with Crippen LogP contribution in [0.2, 0.25) is 0 Å². The van der Waals surface area contributed by atoms with Crippen molar-refractivity contribution in [1.29, 1.82) is 0 Å². The number of hydrogen-bond acceptors (Lipinski definition) is 5. The van der Waals surface area contributed by atoms with Crippen LogP contribution < -0.4 is 5.73 Å². The Morgan fingerprint density at radius 2 is 2.12 bits per heavy atom. The van der Waals surface area contributed by atoms with Gasteiger partial charge in [0.15, 0.2) is 5.82 Å². The molecule has 0 radical (unpaired) electrons. The standard InChI is InChI=1S/C12H14N4O/c1-2-17-8-12-15-10(7-11(13)16-12)9-5-3-4-6-14-9/h3-7H,2,8H2,1H3,(H2,13,15,16). The van der Waals surface area contributed by atoms with Crippen LogP contribution in [0.25, 0.3) is 11.4 Å². The third kappa shape index (κ3) is 2.98. The lowest BCUT2D eigenvalue weighted by Gasteiger charge is -2.05. The first-order valence-electron chi connectivity index (χ1n) is 5.42. The predicted molar refractivity (Wildman–Crippen MR) is 65.0 cm³/mol. The molecule has 2 heterocycles. The average Bonchev–Trinajstić information content (AvgIpc) is 2.37. The molecule has 0 atom stereocenters. The van der Waals surface area contributed by atoms with Crippen molar-refractivity contribution in [2.45, 2.75) is 13.5 Å². The molecule has 0 aliphatic heterocycles. The van der Waals surface area contributed by atoms with Gasteiger partial charge in [-0.1, -0.05) is 6.07 Å². The van der Waals surface area contributed by atoms with Crippen LogP contribution in [-0.2, 0) is 11.3 Å². The lowest BCUT2D eigenvalue weighted by atomic mass is 10.2. The highest BCUT2D eigenvalue weighted by Gasteiger charge is 2.05. The molecule has 2 aromatic heterocycles. The Bertz CT molecular complexity index is 487. The summed E-state index contributed by atoms with van der Waals surface area (Å²) in [5.41, 5.74) is 7.23. The molecule has 0 unspecified atom stereocenters. The lowest BCUT2D eigenvalue weighted by Crippen LogP contribution is -2.03. The predicted octanol–water partition coefficient (Wildman–Crippen LogP) is 1.66. The fraction of sp³-hybridized carbons (Fsp3) is 0.250. The molecule has 2 N–H and O–H groups in total. The zero-order valence-corrected chi connectivity index (χ0v) is 9.63. The molecule has 0 aliphatic carbocycles. The van der Waals surface area contributed by atoms with E-state index in [1.165, 1.54) is 0 Å². The number of hydrogen-bond donors (Lipinski definition) is 1. The largest absolute Gasteiger partial charge is 0.384 e. The van der Waals surface area contributed by atoms with Gasteiger partial charge < -0.3 is 10.5 Å². The number of nitrogen functional groups attached to an aromatic ring is 1. The molecule has 88 valence electrons. The van der Waals surface area contributed by atoms with E-state index < -0.39 is 0 Å². The van der Waals surface area contributed by atoms with Gasteiger partial charge in [0, 0.05) is 18.9 Å². The summed E-state index contributed by atoms with van der Waals surface area (Å²) < 4.78 is 5.26. The third-order valence-corrected chi connectivity index (χ3v) is 2.15. The van der Waals surface area contributed by atoms with Crippen LogP contribution in [0.1, 0.15) is 12.7 Å². The van der Waals surface area contributed by atoms with E-state index in [0.717, 1.165) is 5.69 Å². The van der Waals surface area contributed by atoms with Crippen LogP contribution in [0.5, 0.6) is 0 Å². The number of ether oxygens (including phenoxy) is 1. The topological polar surface area (TPSA) is 73.9 Å². The van der Waals surface area contributed by atoms with Gasteiger partial charge in [-0.05, 0) is 19.1 Å². The van der Waals surface area contributed by atoms with E-state index >= 15 is 0 Å². The molecule has 0 bridgehead atoms. The minimum absolute atomic E-state index is 0.362. The Morgan fingerprint density at radius 1 is 1.24 bits per heavy atom. The molecule has 0 aromatic carbocycles. The van der Waals surface area contributed by atoms with E-state index in [-0.39, 0.29) is 0 Å². The van der Waals surface area contributed by atoms with Crippen LogP contribution in [0.4, 0.5) is 5.82 Å². The summed E-state index contributed by atoms with van der Waals surface area (Å²) in [5, 5.41) is 0. The number of anilines is 1. The number of aromatic nitrogens is 3. The van der Waals surface area contributed by atoms with Crippen molar-refractivity contribution in [1.82, 2.24) is 15.0 Å². The van der Waals surface area contributed by atoms with E-state index in [4.69, 9.17) is 10.5 Å². The highest BCUT2D eigenvalue weighted by Crippen LogP contribution is 2.15. The summed E-state index contributed by atoms with van der Waals surface area (Å²) in [4.78, 5) is 12.7. The Hall–Kier alpha value is -2.01. The fourth-order valence-corrected chi connectivity index (χ4v) is 1.42. The van der Waals surface area contributed by atoms with Gasteiger partial charge in [-0.2, -0.15) is 0 Å². The normalized spacial score (nSPS) is 10.4. The monoisotopic (exact) mass is 230 g/mol. The van der Waals surface area contributed by atoms with Crippen molar-refractivity contribution in [3.8, 4) is 11.4 Å². The molecule has 0 fully saturated rings. The summed E-state index contributed by atoms with van der Waals surface area (Å²) in [6.45, 7) is 2.91. The second-order valence-electron chi connectivity index (χ2n) is 3.45. The molecule has 2 rings (SSSR count). The van der Waals surface area contributed by atoms with Crippen LogP contribution >= 0.6 is 0 Å². The van der Waals surface area contributed by atoms with E-state index in [9.17, 15) is 0 Å². The number of rotatable bonds is 4. The summed E-state index contributed by atoms with van der Waals surface area (Å²) >= 11 is 0. The van der Waals surface area contributed by atoms with Crippen molar-refractivity contribution >= 4 is 5.82 Å². The molecule has 5 nitrogen and oxygen atoms in total. The quantitative estimate of drug-likeness (QED) is 0.864. The van der Waals surface area contributed by atoms with Crippen molar-refractivity contribution in [2.24, 2.45) is 0 Å². The smallest absolute Gasteiger partial charge is 0.157 e. The first-order valence-corrected chi connectivity index (χ1v) is 5.42. The minimum atomic E-state index is 0.362. The molecule has 5 heteroatoms. The summed E-state index contributed by atoms with van der Waals surface area (Å²) in [5.74, 6) is 1.00. The molecule has 2 aromatic rings. The van der Waals surface area contributed by atoms with Crippen molar-refractivity contribution < 1.29 is 4.74 Å². The van der Waals surface area contributed by atoms with Gasteiger partial charge in [0.1, 0.15) is 12.4 Å². The number of nitrogens with zero attached hydrogens (tertiary/aromatic N) is 3. The molecular weight excluding hydrogens is 216 g/mol. The van der Waals surface area contributed by atoms with Gasteiger partial charge in [0.05, 0.1) is 11.4 Å². The maximum absolute atomic E-state index is 5.73. The van der Waals surface area contributed by atoms with Crippen LogP contribution in [-0.4, -0.2) is 21.6 Å². The summed E-state index contributed by atoms with van der Waals surface area (Å²) in [6.07, 6.45) is 1.72. The van der Waals surface area contributed by atoms with Gasteiger partial charge in [0.25, 0.3) is 0 Å². The zero-order chi connectivity index (χ0) is 12.1. The first kappa shape index (κ1) is 11.5. The molecular formula is C12H14N4O. The number of nitrogens with two attached hydrogens (primary N) is 1. The molecule has 0 saturated heterocycles. The molecule has 0 saturated carbocycles. The second kappa shape index (κ2) is 5.36. The average molecular weight is 230 g/mol. The summed E-state index contributed by atoms with van der Waals surface area (Å²) in [7, 11) is 0. The highest BCUT2D eigenvalue weighted by molar-refractivity contribution is 5.57. The van der Waals surface area contributed by atoms with E-state index in [1.54, 1.807) is 12.3 Å². The van der Waals surface area contributed by atoms with Crippen LogP contribution in [0.3, 0.4) is 0 Å². The van der Waals surface area contributed by atoms with Gasteiger partial charge in [-0.25, -0.2) is 9.97 Å². The van der Waals surface area contributed by atoms with Gasteiger partial charge in [0.2, 0.25) is 0 Å². The van der Waals surface area contributed by atoms with Crippen LogP contribution in [0, 0.1) is 0 Å². The molecule has 17 heavy (non-hydrogen) atoms. The molecule has 0 aliphatic rings. The Balaban J connectivity index is 2.32. The SMILES string of the molecule is CCOCc1nc(N)cc(-c2ccccn2)n1. The van der Waals surface area contributed by atoms with Crippen molar-refractivity contribution in [3.63, 3.8) is 0 Å². The maximum Gasteiger partial charge on any atom is 0.157 e. The Labute approximate surface area is 99.7 Å². The minimum Gasteiger partial charge on any atom is -0.384 e. The zero-order valence-electron chi connectivity index (χ0n) is 9.63. The third-order valence-electron chi connectivity index (χ3n) is 2.15. The van der Waals surface area contributed by atoms with Gasteiger partial charge in [-0.3, -0.25) is 4.98 Å². The molecule has 0 spiro atoms. The maximum atomic E-state index is 5.73. The van der Waals surface area contributed by atoms with E-state index in [0.29, 0.717) is 30.5 Å². The van der Waals surface area contributed by atoms with Gasteiger partial charge >= 0.3 is 0 Å². The van der Waals surface area contributed by atoms with Crippen molar-refractivity contribution in [3.05, 3.63) is 36.3 Å². The highest BCUT2D eigenvalue weighted by atomic mass is 16.5. The van der Waals surface area contributed by atoms with Gasteiger partial charge in [-0.15, -0.1) is 0 Å². The Morgan fingerprint density at radius 3 is 2.82 bits per heavy atom. The lowest BCUT2D eigenvalue weighted by molar-refractivity contribution is 0.128.